The summed E-state index contributed by atoms with van der Waals surface area (Å²) in [6.45, 7) is -0.0188. The fourth-order valence-electron chi connectivity index (χ4n) is 3.48. The van der Waals surface area contributed by atoms with E-state index in [1.165, 1.54) is 11.8 Å². The fourth-order valence-corrected chi connectivity index (χ4v) is 4.44. The van der Waals surface area contributed by atoms with Crippen molar-refractivity contribution in [1.29, 1.82) is 0 Å². The summed E-state index contributed by atoms with van der Waals surface area (Å²) in [5, 5.41) is 12.6. The minimum atomic E-state index is -2.06. The van der Waals surface area contributed by atoms with Gasteiger partial charge in [-0.25, -0.2) is 9.97 Å². The van der Waals surface area contributed by atoms with Gasteiger partial charge in [-0.15, -0.1) is 0 Å². The van der Waals surface area contributed by atoms with Crippen LogP contribution >= 0.6 is 46.6 Å². The molecule has 2 aromatic carbocycles. The Kier molecular flexibility index (Phi) is 8.88. The topological polar surface area (TPSA) is 93.6 Å². The van der Waals surface area contributed by atoms with Crippen molar-refractivity contribution in [3.8, 4) is 0 Å². The molecule has 2 N–H and O–H groups in total. The van der Waals surface area contributed by atoms with E-state index in [0.717, 1.165) is 16.7 Å². The first-order valence-electron chi connectivity index (χ1n) is 10.7. The first kappa shape index (κ1) is 26.2. The second-order valence-electron chi connectivity index (χ2n) is 7.77. The highest BCUT2D eigenvalue weighted by atomic mass is 35.6. The molecule has 0 unspecified atom stereocenters. The zero-order valence-corrected chi connectivity index (χ0v) is 21.4. The number of rotatable bonds is 7. The number of hydrogen-bond acceptors (Lipinski definition) is 7. The van der Waals surface area contributed by atoms with Crippen LogP contribution in [0.3, 0.4) is 0 Å². The van der Waals surface area contributed by atoms with Crippen LogP contribution in [0.4, 0.5) is 5.69 Å². The van der Waals surface area contributed by atoms with Gasteiger partial charge in [0.1, 0.15) is 0 Å². The van der Waals surface area contributed by atoms with E-state index >= 15 is 0 Å². The normalized spacial score (nSPS) is 20.4. The van der Waals surface area contributed by atoms with E-state index in [-0.39, 0.29) is 18.8 Å². The number of nitrogens with zero attached hydrogens (tertiary/aromatic N) is 2. The highest BCUT2D eigenvalue weighted by Gasteiger charge is 2.33. The molecule has 1 saturated heterocycles. The minimum Gasteiger partial charge on any atom is -0.392 e. The molecule has 0 radical (unpaired) electrons. The summed E-state index contributed by atoms with van der Waals surface area (Å²) in [4.78, 5) is 20.4. The molecule has 2 heterocycles. The number of aromatic nitrogens is 2. The molecule has 3 aromatic rings. The maximum absolute atomic E-state index is 11.9. The molecular weight excluding hydrogens is 533 g/mol. The fraction of sp³-hybridized carbons (Fsp3) is 0.292. The number of halogens is 3. The van der Waals surface area contributed by atoms with Crippen LogP contribution in [0.2, 0.25) is 0 Å². The number of ether oxygens (including phenoxy) is 2. The predicted molar refractivity (Wildman–Crippen MR) is 137 cm³/mol. The number of anilines is 1. The average molecular weight is 555 g/mol. The molecule has 35 heavy (non-hydrogen) atoms. The molecule has 1 aromatic heterocycles. The molecule has 3 atom stereocenters. The number of amides is 1. The molecule has 0 saturated carbocycles. The van der Waals surface area contributed by atoms with E-state index < -0.39 is 16.0 Å². The quantitative estimate of drug-likeness (QED) is 0.223. The molecule has 1 aliphatic rings. The summed E-state index contributed by atoms with van der Waals surface area (Å²) in [6, 6.07) is 16.4. The van der Waals surface area contributed by atoms with Gasteiger partial charge in [-0.05, 0) is 29.3 Å². The second-order valence-corrected chi connectivity index (χ2v) is 11.0. The van der Waals surface area contributed by atoms with Crippen molar-refractivity contribution in [2.45, 2.75) is 40.5 Å². The smallest absolute Gasteiger partial charge is 0.276 e. The van der Waals surface area contributed by atoms with Crippen LogP contribution in [-0.4, -0.2) is 36.6 Å². The molecule has 1 amide bonds. The van der Waals surface area contributed by atoms with E-state index in [4.69, 9.17) is 44.3 Å². The van der Waals surface area contributed by atoms with Crippen LogP contribution in [0.1, 0.15) is 35.5 Å². The van der Waals surface area contributed by atoms with Gasteiger partial charge in [0, 0.05) is 35.8 Å². The lowest BCUT2D eigenvalue weighted by molar-refractivity contribution is -0.245. The van der Waals surface area contributed by atoms with E-state index in [1.807, 2.05) is 24.3 Å². The summed E-state index contributed by atoms with van der Waals surface area (Å²) in [7, 11) is 0. The molecule has 1 aliphatic heterocycles. The lowest BCUT2D eigenvalue weighted by atomic mass is 10.0. The monoisotopic (exact) mass is 553 g/mol. The van der Waals surface area contributed by atoms with Gasteiger partial charge in [-0.1, -0.05) is 83.0 Å². The molecule has 0 bridgehead atoms. The Morgan fingerprint density at radius 3 is 2.31 bits per heavy atom. The number of nitrogens with one attached hydrogen (secondary N) is 1. The lowest BCUT2D eigenvalue weighted by Gasteiger charge is -2.36. The van der Waals surface area contributed by atoms with Crippen molar-refractivity contribution in [1.82, 2.24) is 9.97 Å². The summed E-state index contributed by atoms with van der Waals surface area (Å²) >= 11 is 18.4. The second kappa shape index (κ2) is 11.9. The number of aliphatic hydroxyl groups excluding tert-OH is 1. The van der Waals surface area contributed by atoms with E-state index in [9.17, 15) is 9.90 Å². The number of thioether (sulfide) groups is 1. The van der Waals surface area contributed by atoms with Crippen LogP contribution in [0.25, 0.3) is 0 Å². The third-order valence-electron chi connectivity index (χ3n) is 5.25. The number of alkyl halides is 3. The Morgan fingerprint density at radius 1 is 1.03 bits per heavy atom. The molecule has 0 spiro atoms. The number of aliphatic hydroxyl groups is 1. The lowest BCUT2D eigenvalue weighted by Crippen LogP contribution is -2.31. The number of carbonyl (C=O) groups excluding carboxylic acids is 1. The van der Waals surface area contributed by atoms with Crippen LogP contribution in [0, 0.1) is 0 Å². The SMILES string of the molecule is O=C(Nc1ccc([C@H]2O[C@@H](CSc3ncccn3)C[C@@H](c3ccc(CO)cc3)O2)cc1)C(Cl)(Cl)Cl. The maximum Gasteiger partial charge on any atom is 0.276 e. The predicted octanol–water partition coefficient (Wildman–Crippen LogP) is 5.62. The first-order valence-corrected chi connectivity index (χ1v) is 12.8. The van der Waals surface area contributed by atoms with Gasteiger partial charge < -0.3 is 19.9 Å². The van der Waals surface area contributed by atoms with Crippen LogP contribution < -0.4 is 5.32 Å². The Hall–Kier alpha value is -1.91. The minimum absolute atomic E-state index is 0.0188. The van der Waals surface area contributed by atoms with Gasteiger partial charge >= 0.3 is 0 Å². The zero-order valence-electron chi connectivity index (χ0n) is 18.3. The molecule has 0 aliphatic carbocycles. The Morgan fingerprint density at radius 2 is 1.69 bits per heavy atom. The van der Waals surface area contributed by atoms with Gasteiger partial charge in [-0.2, -0.15) is 0 Å². The summed E-state index contributed by atoms with van der Waals surface area (Å²) in [5.74, 6) is -0.0982. The summed E-state index contributed by atoms with van der Waals surface area (Å²) in [6.07, 6.45) is 3.08. The zero-order chi connectivity index (χ0) is 24.8. The number of hydrogen-bond donors (Lipinski definition) is 2. The molecule has 4 rings (SSSR count). The molecular formula is C24H22Cl3N3O4S. The highest BCUT2D eigenvalue weighted by molar-refractivity contribution is 7.99. The third-order valence-corrected chi connectivity index (χ3v) is 6.78. The largest absolute Gasteiger partial charge is 0.392 e. The van der Waals surface area contributed by atoms with Gasteiger partial charge in [0.15, 0.2) is 11.4 Å². The van der Waals surface area contributed by atoms with Crippen molar-refractivity contribution < 1.29 is 19.4 Å². The Labute approximate surface area is 222 Å². The molecule has 1 fully saturated rings. The van der Waals surface area contributed by atoms with Crippen LogP contribution in [0.5, 0.6) is 0 Å². The van der Waals surface area contributed by atoms with Crippen LogP contribution in [-0.2, 0) is 20.9 Å². The van der Waals surface area contributed by atoms with Gasteiger partial charge in [0.25, 0.3) is 9.70 Å². The standard InChI is InChI=1S/C24H22Cl3N3O4S/c25-24(26,27)22(32)30-18-8-6-17(7-9-18)21-33-19(14-35-23-28-10-1-11-29-23)12-20(34-21)16-4-2-15(13-31)3-5-16/h1-11,19-21,31H,12-14H2,(H,30,32)/t19-,20+,21+/m1/s1. The maximum atomic E-state index is 11.9. The average Bonchev–Trinajstić information content (AvgIpc) is 2.88. The van der Waals surface area contributed by atoms with Crippen molar-refractivity contribution >= 4 is 58.2 Å². The molecule has 11 heteroatoms. The summed E-state index contributed by atoms with van der Waals surface area (Å²) < 4.78 is 10.5. The number of carbonyl (C=O) groups is 1. The third kappa shape index (κ3) is 7.30. The van der Waals surface area contributed by atoms with Crippen molar-refractivity contribution in [2.24, 2.45) is 0 Å². The van der Waals surface area contributed by atoms with E-state index in [2.05, 4.69) is 15.3 Å². The number of benzene rings is 2. The van der Waals surface area contributed by atoms with E-state index in [1.54, 1.807) is 42.7 Å². The van der Waals surface area contributed by atoms with Gasteiger partial charge in [0.05, 0.1) is 18.8 Å². The van der Waals surface area contributed by atoms with Crippen LogP contribution in [0.15, 0.2) is 72.1 Å². The summed E-state index contributed by atoms with van der Waals surface area (Å²) in [5.41, 5.74) is 3.08. The van der Waals surface area contributed by atoms with Crippen molar-refractivity contribution in [3.05, 3.63) is 83.7 Å². The molecule has 7 nitrogen and oxygen atoms in total. The van der Waals surface area contributed by atoms with Crippen molar-refractivity contribution in [3.63, 3.8) is 0 Å². The van der Waals surface area contributed by atoms with Crippen molar-refractivity contribution in [2.75, 3.05) is 11.1 Å². The van der Waals surface area contributed by atoms with E-state index in [0.29, 0.717) is 23.0 Å². The Bertz CT molecular complexity index is 1120. The van der Waals surface area contributed by atoms with Gasteiger partial charge in [-0.3, -0.25) is 4.79 Å². The Balaban J connectivity index is 1.50. The molecule has 184 valence electrons. The van der Waals surface area contributed by atoms with Gasteiger partial charge in [0.2, 0.25) is 0 Å². The highest BCUT2D eigenvalue weighted by Crippen LogP contribution is 2.39. The first-order chi connectivity index (χ1) is 16.8.